The molecule has 5 atom stereocenters. The third-order valence-electron chi connectivity index (χ3n) is 11.5. The van der Waals surface area contributed by atoms with E-state index < -0.39 is 30.4 Å². The number of ether oxygens (including phenoxy) is 1. The second kappa shape index (κ2) is 14.4. The van der Waals surface area contributed by atoms with Crippen LogP contribution in [-0.2, 0) is 34.6 Å². The average molecular weight is 649 g/mol. The Kier molecular flexibility index (Phi) is 12.0. The Morgan fingerprint density at radius 1 is 1.00 bits per heavy atom. The SMILES string of the molecule is CCC(=O)OC(C)(COP(=O)(CCCCc1ccccc1)CC(=O)[N+]1(C)CC(C)(C2(C)CCCCC2)CC1C(=O)O)C(C)(C)C. The predicted molar refractivity (Wildman–Crippen MR) is 178 cm³/mol. The fourth-order valence-corrected chi connectivity index (χ4v) is 9.64. The number of aliphatic carboxylic acids is 1. The zero-order chi connectivity index (χ0) is 33.7. The number of hydrogen-bond acceptors (Lipinski definition) is 6. The normalized spacial score (nSPS) is 27.7. The van der Waals surface area contributed by atoms with Crippen LogP contribution in [0.1, 0.15) is 112 Å². The number of carbonyl (C=O) groups excluding carboxylic acids is 2. The summed E-state index contributed by atoms with van der Waals surface area (Å²) in [6.07, 6.45) is 8.10. The van der Waals surface area contributed by atoms with Crippen molar-refractivity contribution in [3.05, 3.63) is 35.9 Å². The summed E-state index contributed by atoms with van der Waals surface area (Å²) in [6.45, 7) is 14.0. The van der Waals surface area contributed by atoms with Gasteiger partial charge in [0.2, 0.25) is 7.37 Å². The van der Waals surface area contributed by atoms with Gasteiger partial charge < -0.3 is 14.4 Å². The van der Waals surface area contributed by atoms with Crippen LogP contribution in [0.3, 0.4) is 0 Å². The number of hydrogen-bond donors (Lipinski definition) is 1. The van der Waals surface area contributed by atoms with Crippen molar-refractivity contribution in [2.75, 3.05) is 32.5 Å². The van der Waals surface area contributed by atoms with Crippen LogP contribution in [-0.4, -0.2) is 71.6 Å². The van der Waals surface area contributed by atoms with Crippen molar-refractivity contribution in [3.8, 4) is 0 Å². The molecule has 1 aliphatic carbocycles. The van der Waals surface area contributed by atoms with Gasteiger partial charge >= 0.3 is 17.8 Å². The lowest BCUT2D eigenvalue weighted by Gasteiger charge is -2.46. The average Bonchev–Trinajstić information content (AvgIpc) is 3.28. The van der Waals surface area contributed by atoms with Gasteiger partial charge in [0.25, 0.3) is 0 Å². The number of likely N-dealkylation sites (N-methyl/N-ethyl adjacent to an activating group) is 1. The van der Waals surface area contributed by atoms with Crippen LogP contribution in [0.5, 0.6) is 0 Å². The molecule has 0 bridgehead atoms. The zero-order valence-electron chi connectivity index (χ0n) is 29.2. The van der Waals surface area contributed by atoms with Crippen molar-refractivity contribution in [2.24, 2.45) is 16.2 Å². The molecule has 1 N–H and O–H groups in total. The molecule has 1 amide bonds. The van der Waals surface area contributed by atoms with Crippen LogP contribution < -0.4 is 0 Å². The first kappa shape index (κ1) is 37.4. The maximum absolute atomic E-state index is 14.7. The monoisotopic (exact) mass is 648 g/mol. The maximum atomic E-state index is 14.7. The van der Waals surface area contributed by atoms with Crippen molar-refractivity contribution in [1.29, 1.82) is 0 Å². The standard InChI is InChI=1S/C36H58NO7P/c1-9-31(39)44-36(7,33(2,3)4)27-43-45(42,23-17-14-20-28-18-12-10-13-19-28)25-30(38)37(8)26-35(6,24-29(37)32(40)41)34(5)21-15-11-16-22-34/h10,12-13,18-19,29H,9,11,14-17,20-27H2,1-8H3/p+1. The molecule has 1 aromatic rings. The van der Waals surface area contributed by atoms with Gasteiger partial charge in [-0.2, -0.15) is 0 Å². The minimum Gasteiger partial charge on any atom is -0.477 e. The summed E-state index contributed by atoms with van der Waals surface area (Å²) >= 11 is 0. The Morgan fingerprint density at radius 3 is 2.18 bits per heavy atom. The number of amides is 1. The van der Waals surface area contributed by atoms with E-state index in [1.807, 2.05) is 39.0 Å². The Morgan fingerprint density at radius 2 is 1.62 bits per heavy atom. The Labute approximate surface area is 271 Å². The third kappa shape index (κ3) is 8.67. The van der Waals surface area contributed by atoms with E-state index in [1.54, 1.807) is 20.9 Å². The van der Waals surface area contributed by atoms with E-state index in [0.29, 0.717) is 19.4 Å². The molecule has 1 saturated heterocycles. The minimum atomic E-state index is -3.61. The number of quaternary nitrogens is 1. The molecule has 2 aliphatic rings. The van der Waals surface area contributed by atoms with Gasteiger partial charge in [0.15, 0.2) is 6.04 Å². The lowest BCUT2D eigenvalue weighted by Crippen LogP contribution is -2.58. The van der Waals surface area contributed by atoms with Gasteiger partial charge in [-0.3, -0.25) is 13.8 Å². The number of carbonyl (C=O) groups is 3. The van der Waals surface area contributed by atoms with Gasteiger partial charge in [-0.25, -0.2) is 9.59 Å². The zero-order valence-corrected chi connectivity index (χ0v) is 30.0. The molecular formula is C36H59NO7P+. The number of esters is 1. The van der Waals surface area contributed by atoms with E-state index in [1.165, 1.54) is 12.0 Å². The molecule has 1 saturated carbocycles. The largest absolute Gasteiger partial charge is 0.477 e. The molecule has 0 radical (unpaired) electrons. The molecule has 1 heterocycles. The summed E-state index contributed by atoms with van der Waals surface area (Å²) in [7, 11) is -1.88. The van der Waals surface area contributed by atoms with Gasteiger partial charge in [-0.1, -0.05) is 91.1 Å². The number of aryl methyl sites for hydroxylation is 1. The van der Waals surface area contributed by atoms with E-state index in [-0.39, 0.29) is 52.5 Å². The lowest BCUT2D eigenvalue weighted by atomic mass is 9.58. The fraction of sp³-hybridized carbons (Fsp3) is 0.750. The van der Waals surface area contributed by atoms with Crippen molar-refractivity contribution in [3.63, 3.8) is 0 Å². The Balaban J connectivity index is 1.88. The van der Waals surface area contributed by atoms with Crippen molar-refractivity contribution in [2.45, 2.75) is 124 Å². The first-order valence-corrected chi connectivity index (χ1v) is 18.9. The van der Waals surface area contributed by atoms with Gasteiger partial charge in [0, 0.05) is 29.8 Å². The van der Waals surface area contributed by atoms with Crippen molar-refractivity contribution in [1.82, 2.24) is 0 Å². The van der Waals surface area contributed by atoms with Gasteiger partial charge in [-0.05, 0) is 50.0 Å². The second-order valence-corrected chi connectivity index (χ2v) is 18.4. The summed E-state index contributed by atoms with van der Waals surface area (Å²) in [4.78, 5) is 39.4. The van der Waals surface area contributed by atoms with Crippen LogP contribution >= 0.6 is 7.37 Å². The summed E-state index contributed by atoms with van der Waals surface area (Å²) in [5.41, 5.74) is -0.803. The first-order valence-electron chi connectivity index (χ1n) is 16.9. The van der Waals surface area contributed by atoms with E-state index in [2.05, 4.69) is 26.0 Å². The van der Waals surface area contributed by atoms with Crippen molar-refractivity contribution < 1.29 is 37.8 Å². The molecule has 1 aliphatic heterocycles. The summed E-state index contributed by atoms with van der Waals surface area (Å²) < 4.78 is 26.6. The highest BCUT2D eigenvalue weighted by Crippen LogP contribution is 2.58. The lowest BCUT2D eigenvalue weighted by molar-refractivity contribution is -0.840. The first-order chi connectivity index (χ1) is 20.8. The molecule has 8 nitrogen and oxygen atoms in total. The minimum absolute atomic E-state index is 0.0510. The van der Waals surface area contributed by atoms with E-state index in [4.69, 9.17) is 9.26 Å². The van der Waals surface area contributed by atoms with Gasteiger partial charge in [-0.15, -0.1) is 0 Å². The molecule has 5 unspecified atom stereocenters. The molecule has 254 valence electrons. The van der Waals surface area contributed by atoms with Crippen LogP contribution in [0.25, 0.3) is 0 Å². The van der Waals surface area contributed by atoms with Crippen LogP contribution in [0, 0.1) is 16.2 Å². The Hall–Kier alpha value is -2.02. The highest BCUT2D eigenvalue weighted by Gasteiger charge is 2.63. The summed E-state index contributed by atoms with van der Waals surface area (Å²) in [5.74, 6) is -1.71. The highest BCUT2D eigenvalue weighted by atomic mass is 31.2. The van der Waals surface area contributed by atoms with Crippen LogP contribution in [0.15, 0.2) is 30.3 Å². The quantitative estimate of drug-likeness (QED) is 0.0947. The molecule has 3 rings (SSSR count). The molecular weight excluding hydrogens is 589 g/mol. The van der Waals surface area contributed by atoms with E-state index in [9.17, 15) is 24.1 Å². The van der Waals surface area contributed by atoms with E-state index in [0.717, 1.165) is 38.5 Å². The molecule has 0 spiro atoms. The number of nitrogens with zero attached hydrogens (tertiary/aromatic N) is 1. The third-order valence-corrected chi connectivity index (χ3v) is 13.9. The number of rotatable bonds is 14. The van der Waals surface area contributed by atoms with Crippen LogP contribution in [0.2, 0.25) is 0 Å². The molecule has 0 aromatic heterocycles. The molecule has 9 heteroatoms. The number of carboxylic acids is 1. The number of benzene rings is 1. The van der Waals surface area contributed by atoms with E-state index >= 15 is 0 Å². The maximum Gasteiger partial charge on any atom is 0.363 e. The predicted octanol–water partition coefficient (Wildman–Crippen LogP) is 7.87. The van der Waals surface area contributed by atoms with Crippen molar-refractivity contribution >= 4 is 25.2 Å². The second-order valence-electron chi connectivity index (χ2n) is 15.8. The topological polar surface area (TPSA) is 107 Å². The Bertz CT molecular complexity index is 1240. The molecule has 1 aromatic carbocycles. The van der Waals surface area contributed by atoms with Crippen LogP contribution in [0.4, 0.5) is 0 Å². The molecule has 2 fully saturated rings. The summed E-state index contributed by atoms with van der Waals surface area (Å²) in [6, 6.07) is 9.18. The molecule has 45 heavy (non-hydrogen) atoms. The smallest absolute Gasteiger partial charge is 0.363 e. The number of carboxylic acid groups (broad SMARTS) is 1. The fourth-order valence-electron chi connectivity index (χ4n) is 7.34. The number of unbranched alkanes of at least 4 members (excludes halogenated alkanes) is 1. The highest BCUT2D eigenvalue weighted by molar-refractivity contribution is 7.59. The number of likely N-dealkylation sites (tertiary alicyclic amines) is 1. The van der Waals surface area contributed by atoms with Gasteiger partial charge in [0.05, 0.1) is 20.2 Å². The summed E-state index contributed by atoms with van der Waals surface area (Å²) in [5, 5.41) is 10.4. The van der Waals surface area contributed by atoms with Gasteiger partial charge in [0.1, 0.15) is 11.8 Å².